The van der Waals surface area contributed by atoms with Gasteiger partial charge in [-0.25, -0.2) is 0 Å². The molecular weight excluding hydrogens is 536 g/mol. The lowest BCUT2D eigenvalue weighted by molar-refractivity contribution is 0.665. The number of hydrogen-bond donors (Lipinski definition) is 0. The monoisotopic (exact) mass is 566 g/mol. The number of benzene rings is 7. The Bertz CT molecular complexity index is 2360. The lowest BCUT2D eigenvalue weighted by Gasteiger charge is -2.08. The second-order valence-electron chi connectivity index (χ2n) is 11.8. The standard InChI is InChI=1S/C42H30O2/c1-3-25-13-17-27(18-14-25)33-21-29-9-5-7-11-31(29)39-35-23-38-36(24-37(35)43-41(33)39)40-32-12-8-6-10-30(32)22-34(42(40)44-38)28-19-15-26(4-2)16-20-28/h5-24H,3-4H2,1-2H3. The van der Waals surface area contributed by atoms with E-state index in [9.17, 15) is 0 Å². The molecule has 9 aromatic rings. The average molecular weight is 567 g/mol. The number of fused-ring (bicyclic) bond motifs is 10. The number of aryl methyl sites for hydroxylation is 2. The van der Waals surface area contributed by atoms with Crippen molar-refractivity contribution in [3.63, 3.8) is 0 Å². The van der Waals surface area contributed by atoms with Gasteiger partial charge in [0.2, 0.25) is 0 Å². The Morgan fingerprint density at radius 1 is 0.432 bits per heavy atom. The van der Waals surface area contributed by atoms with Crippen molar-refractivity contribution in [3.05, 3.63) is 132 Å². The highest BCUT2D eigenvalue weighted by Gasteiger charge is 2.21. The van der Waals surface area contributed by atoms with Crippen molar-refractivity contribution in [1.29, 1.82) is 0 Å². The second-order valence-corrected chi connectivity index (χ2v) is 11.8. The van der Waals surface area contributed by atoms with E-state index in [0.29, 0.717) is 0 Å². The van der Waals surface area contributed by atoms with Gasteiger partial charge in [0.05, 0.1) is 0 Å². The smallest absolute Gasteiger partial charge is 0.143 e. The van der Waals surface area contributed by atoms with E-state index in [1.165, 1.54) is 32.7 Å². The van der Waals surface area contributed by atoms with Crippen LogP contribution in [0.1, 0.15) is 25.0 Å². The largest absolute Gasteiger partial charge is 0.455 e. The maximum absolute atomic E-state index is 6.84. The van der Waals surface area contributed by atoms with Crippen LogP contribution in [-0.2, 0) is 12.8 Å². The van der Waals surface area contributed by atoms with Crippen molar-refractivity contribution in [2.75, 3.05) is 0 Å². The van der Waals surface area contributed by atoms with Crippen LogP contribution in [0.3, 0.4) is 0 Å². The highest BCUT2D eigenvalue weighted by Crippen LogP contribution is 2.46. The van der Waals surface area contributed by atoms with E-state index in [4.69, 9.17) is 8.83 Å². The Morgan fingerprint density at radius 3 is 1.25 bits per heavy atom. The number of rotatable bonds is 4. The predicted molar refractivity (Wildman–Crippen MR) is 186 cm³/mol. The minimum absolute atomic E-state index is 0.875. The Hall–Kier alpha value is -5.34. The molecule has 2 heterocycles. The van der Waals surface area contributed by atoms with Crippen LogP contribution in [0.2, 0.25) is 0 Å². The minimum Gasteiger partial charge on any atom is -0.455 e. The maximum atomic E-state index is 6.84. The summed E-state index contributed by atoms with van der Waals surface area (Å²) in [5, 5.41) is 9.20. The molecule has 0 saturated heterocycles. The summed E-state index contributed by atoms with van der Waals surface area (Å²) in [4.78, 5) is 0. The van der Waals surface area contributed by atoms with Crippen LogP contribution < -0.4 is 0 Å². The molecule has 0 amide bonds. The first-order valence-electron chi connectivity index (χ1n) is 15.5. The fraction of sp³-hybridized carbons (Fsp3) is 0.0952. The highest BCUT2D eigenvalue weighted by molar-refractivity contribution is 6.28. The van der Waals surface area contributed by atoms with Crippen LogP contribution in [-0.4, -0.2) is 0 Å². The molecule has 210 valence electrons. The first-order chi connectivity index (χ1) is 21.7. The van der Waals surface area contributed by atoms with Crippen LogP contribution >= 0.6 is 0 Å². The molecule has 0 bridgehead atoms. The molecule has 0 aliphatic rings. The molecule has 2 nitrogen and oxygen atoms in total. The molecule has 0 aliphatic heterocycles. The lowest BCUT2D eigenvalue weighted by atomic mass is 9.94. The summed E-state index contributed by atoms with van der Waals surface area (Å²) in [5.74, 6) is 0. The number of furan rings is 2. The molecule has 0 aliphatic carbocycles. The fourth-order valence-electron chi connectivity index (χ4n) is 7.01. The SMILES string of the molecule is CCc1ccc(-c2cc3ccccc3c3c2oc2cc4c(cc23)oc2c(-c3ccc(CC)cc3)cc3ccccc3c24)cc1. The molecule has 0 atom stereocenters. The van der Waals surface area contributed by atoms with Crippen molar-refractivity contribution in [2.24, 2.45) is 0 Å². The van der Waals surface area contributed by atoms with Crippen molar-refractivity contribution < 1.29 is 8.83 Å². The number of hydrogen-bond acceptors (Lipinski definition) is 2. The van der Waals surface area contributed by atoms with Crippen molar-refractivity contribution >= 4 is 65.4 Å². The molecule has 2 aromatic heterocycles. The van der Waals surface area contributed by atoms with E-state index < -0.39 is 0 Å². The Morgan fingerprint density at radius 2 is 0.841 bits per heavy atom. The third-order valence-electron chi connectivity index (χ3n) is 9.39. The predicted octanol–water partition coefficient (Wildman–Crippen LogP) is 12.3. The summed E-state index contributed by atoms with van der Waals surface area (Å²) in [6, 6.07) is 43.9. The molecule has 0 saturated carbocycles. The molecule has 44 heavy (non-hydrogen) atoms. The van der Waals surface area contributed by atoms with Crippen LogP contribution in [0, 0.1) is 0 Å². The van der Waals surface area contributed by atoms with Crippen molar-refractivity contribution in [2.45, 2.75) is 26.7 Å². The van der Waals surface area contributed by atoms with Gasteiger partial charge in [-0.15, -0.1) is 0 Å². The lowest BCUT2D eigenvalue weighted by Crippen LogP contribution is -1.84. The van der Waals surface area contributed by atoms with Gasteiger partial charge in [0.1, 0.15) is 22.3 Å². The Kier molecular flexibility index (Phi) is 5.49. The van der Waals surface area contributed by atoms with E-state index in [0.717, 1.165) is 79.0 Å². The maximum Gasteiger partial charge on any atom is 0.143 e. The topological polar surface area (TPSA) is 26.3 Å². The molecule has 9 rings (SSSR count). The summed E-state index contributed by atoms with van der Waals surface area (Å²) in [6.45, 7) is 4.38. The third kappa shape index (κ3) is 3.67. The first-order valence-corrected chi connectivity index (χ1v) is 15.5. The zero-order valence-electron chi connectivity index (χ0n) is 24.8. The van der Waals surface area contributed by atoms with Gasteiger partial charge in [-0.3, -0.25) is 0 Å². The van der Waals surface area contributed by atoms with Gasteiger partial charge in [-0.2, -0.15) is 0 Å². The van der Waals surface area contributed by atoms with E-state index in [1.807, 2.05) is 0 Å². The zero-order valence-corrected chi connectivity index (χ0v) is 24.8. The van der Waals surface area contributed by atoms with Gasteiger partial charge in [-0.1, -0.05) is 111 Å². The molecule has 0 radical (unpaired) electrons. The van der Waals surface area contributed by atoms with Gasteiger partial charge in [0.25, 0.3) is 0 Å². The molecule has 7 aromatic carbocycles. The summed E-state index contributed by atoms with van der Waals surface area (Å²) >= 11 is 0. The van der Waals surface area contributed by atoms with E-state index in [2.05, 4.69) is 135 Å². The van der Waals surface area contributed by atoms with Crippen LogP contribution in [0.15, 0.2) is 130 Å². The normalized spacial score (nSPS) is 12.0. The average Bonchev–Trinajstić information content (AvgIpc) is 3.65. The summed E-state index contributed by atoms with van der Waals surface area (Å²) < 4.78 is 13.7. The Balaban J connectivity index is 1.38. The summed E-state index contributed by atoms with van der Waals surface area (Å²) in [6.07, 6.45) is 2.04. The molecule has 0 unspecified atom stereocenters. The van der Waals surface area contributed by atoms with Gasteiger partial charge >= 0.3 is 0 Å². The van der Waals surface area contributed by atoms with Crippen LogP contribution in [0.4, 0.5) is 0 Å². The van der Waals surface area contributed by atoms with Gasteiger partial charge in [0.15, 0.2) is 0 Å². The van der Waals surface area contributed by atoms with Crippen molar-refractivity contribution in [3.8, 4) is 22.3 Å². The highest BCUT2D eigenvalue weighted by atomic mass is 16.3. The van der Waals surface area contributed by atoms with Gasteiger partial charge in [-0.05, 0) is 80.9 Å². The van der Waals surface area contributed by atoms with Crippen molar-refractivity contribution in [1.82, 2.24) is 0 Å². The first kappa shape index (κ1) is 25.2. The third-order valence-corrected chi connectivity index (χ3v) is 9.39. The summed E-state index contributed by atoms with van der Waals surface area (Å²) in [7, 11) is 0. The fourth-order valence-corrected chi connectivity index (χ4v) is 7.01. The van der Waals surface area contributed by atoms with E-state index in [1.54, 1.807) is 0 Å². The van der Waals surface area contributed by atoms with Gasteiger partial charge < -0.3 is 8.83 Å². The molecule has 0 spiro atoms. The van der Waals surface area contributed by atoms with E-state index in [-0.39, 0.29) is 0 Å². The second kappa shape index (κ2) is 9.59. The molecule has 0 N–H and O–H groups in total. The van der Waals surface area contributed by atoms with Crippen LogP contribution in [0.5, 0.6) is 0 Å². The zero-order chi connectivity index (χ0) is 29.4. The molecule has 0 fully saturated rings. The summed E-state index contributed by atoms with van der Waals surface area (Å²) in [5.41, 5.74) is 10.8. The quantitative estimate of drug-likeness (QED) is 0.212. The Labute approximate surface area is 255 Å². The molecule has 2 heteroatoms. The van der Waals surface area contributed by atoms with Crippen LogP contribution in [0.25, 0.3) is 87.7 Å². The van der Waals surface area contributed by atoms with Gasteiger partial charge in [0, 0.05) is 32.7 Å². The molecular formula is C42H30O2. The van der Waals surface area contributed by atoms with E-state index >= 15 is 0 Å². The minimum atomic E-state index is 0.875.